The largest absolute Gasteiger partial charge is 0.389 e. The molecule has 1 aliphatic heterocycles. The Morgan fingerprint density at radius 1 is 1.29 bits per heavy atom. The highest BCUT2D eigenvalue weighted by Crippen LogP contribution is 2.30. The summed E-state index contributed by atoms with van der Waals surface area (Å²) in [6.45, 7) is 3.95. The molecule has 17 heavy (non-hydrogen) atoms. The Hall–Kier alpha value is -1.90. The van der Waals surface area contributed by atoms with Crippen LogP contribution in [0.1, 0.15) is 42.1 Å². The minimum absolute atomic E-state index is 0.362. The number of benzene rings is 1. The van der Waals surface area contributed by atoms with Crippen molar-refractivity contribution in [1.82, 2.24) is 0 Å². The van der Waals surface area contributed by atoms with E-state index < -0.39 is 11.9 Å². The van der Waals surface area contributed by atoms with Gasteiger partial charge in [0, 0.05) is 0 Å². The second-order valence-corrected chi connectivity index (χ2v) is 4.37. The number of esters is 2. The van der Waals surface area contributed by atoms with E-state index in [-0.39, 0.29) is 5.92 Å². The molecule has 3 nitrogen and oxygen atoms in total. The molecule has 0 saturated carbocycles. The van der Waals surface area contributed by atoms with Crippen molar-refractivity contribution in [1.29, 1.82) is 0 Å². The van der Waals surface area contributed by atoms with Gasteiger partial charge in [0.2, 0.25) is 0 Å². The van der Waals surface area contributed by atoms with Gasteiger partial charge in [-0.05, 0) is 31.9 Å². The number of fused-ring (bicyclic) bond motifs is 1. The molecule has 2 rings (SSSR count). The SMILES string of the molecule is CC(C)=CCC1C(=O)OC(=O)c2ccccc21. The quantitative estimate of drug-likeness (QED) is 0.445. The van der Waals surface area contributed by atoms with Crippen molar-refractivity contribution >= 4 is 11.9 Å². The van der Waals surface area contributed by atoms with Crippen LogP contribution in [0.4, 0.5) is 0 Å². The summed E-state index contributed by atoms with van der Waals surface area (Å²) in [4.78, 5) is 23.2. The van der Waals surface area contributed by atoms with Crippen LogP contribution in [-0.2, 0) is 9.53 Å². The number of hydrogen-bond donors (Lipinski definition) is 0. The second-order valence-electron chi connectivity index (χ2n) is 4.37. The summed E-state index contributed by atoms with van der Waals surface area (Å²) >= 11 is 0. The van der Waals surface area contributed by atoms with E-state index in [0.717, 1.165) is 11.1 Å². The Bertz CT molecular complexity index is 496. The molecule has 0 spiro atoms. The molecule has 1 atom stereocenters. The first-order valence-electron chi connectivity index (χ1n) is 5.58. The van der Waals surface area contributed by atoms with Crippen molar-refractivity contribution in [3.05, 3.63) is 47.0 Å². The highest BCUT2D eigenvalue weighted by atomic mass is 16.6. The van der Waals surface area contributed by atoms with E-state index >= 15 is 0 Å². The van der Waals surface area contributed by atoms with E-state index in [1.54, 1.807) is 12.1 Å². The lowest BCUT2D eigenvalue weighted by molar-refractivity contribution is -0.140. The van der Waals surface area contributed by atoms with Gasteiger partial charge in [0.05, 0.1) is 11.5 Å². The Morgan fingerprint density at radius 2 is 2.00 bits per heavy atom. The van der Waals surface area contributed by atoms with Gasteiger partial charge in [-0.3, -0.25) is 4.79 Å². The van der Waals surface area contributed by atoms with Gasteiger partial charge < -0.3 is 4.74 Å². The van der Waals surface area contributed by atoms with Crippen molar-refractivity contribution in [2.75, 3.05) is 0 Å². The summed E-state index contributed by atoms with van der Waals surface area (Å²) in [6.07, 6.45) is 2.56. The maximum Gasteiger partial charge on any atom is 0.346 e. The average molecular weight is 230 g/mol. The molecule has 0 bridgehead atoms. The van der Waals surface area contributed by atoms with Crippen LogP contribution in [-0.4, -0.2) is 11.9 Å². The first-order valence-corrected chi connectivity index (χ1v) is 5.58. The van der Waals surface area contributed by atoms with Crippen LogP contribution in [0.2, 0.25) is 0 Å². The fraction of sp³-hybridized carbons (Fsp3) is 0.286. The maximum atomic E-state index is 11.7. The van der Waals surface area contributed by atoms with Crippen LogP contribution >= 0.6 is 0 Å². The molecular formula is C14H14O3. The molecular weight excluding hydrogens is 216 g/mol. The zero-order chi connectivity index (χ0) is 12.4. The monoisotopic (exact) mass is 230 g/mol. The lowest BCUT2D eigenvalue weighted by Crippen LogP contribution is -2.27. The number of allylic oxidation sites excluding steroid dienone is 2. The third kappa shape index (κ3) is 2.28. The van der Waals surface area contributed by atoms with E-state index in [0.29, 0.717) is 12.0 Å². The van der Waals surface area contributed by atoms with E-state index in [1.807, 2.05) is 32.1 Å². The van der Waals surface area contributed by atoms with Crippen LogP contribution in [0.15, 0.2) is 35.9 Å². The van der Waals surface area contributed by atoms with Crippen LogP contribution in [0.25, 0.3) is 0 Å². The average Bonchev–Trinajstić information content (AvgIpc) is 2.28. The lowest BCUT2D eigenvalue weighted by Gasteiger charge is -2.21. The van der Waals surface area contributed by atoms with Crippen LogP contribution in [0, 0.1) is 0 Å². The standard InChI is InChI=1S/C14H14O3/c1-9(2)7-8-12-10-5-3-4-6-11(10)13(15)17-14(12)16/h3-7,12H,8H2,1-2H3. The normalized spacial score (nSPS) is 18.4. The number of cyclic esters (lactones) is 2. The fourth-order valence-electron chi connectivity index (χ4n) is 1.91. The molecule has 0 N–H and O–H groups in total. The molecule has 0 fully saturated rings. The Morgan fingerprint density at radius 3 is 2.71 bits per heavy atom. The van der Waals surface area contributed by atoms with E-state index in [2.05, 4.69) is 0 Å². The zero-order valence-electron chi connectivity index (χ0n) is 9.90. The Balaban J connectivity index is 2.39. The molecule has 1 unspecified atom stereocenters. The summed E-state index contributed by atoms with van der Waals surface area (Å²) in [7, 11) is 0. The number of carbonyl (C=O) groups excluding carboxylic acids is 2. The molecule has 3 heteroatoms. The number of ether oxygens (including phenoxy) is 1. The zero-order valence-corrected chi connectivity index (χ0v) is 9.90. The predicted molar refractivity (Wildman–Crippen MR) is 63.7 cm³/mol. The van der Waals surface area contributed by atoms with Gasteiger partial charge in [0.15, 0.2) is 0 Å². The molecule has 1 aromatic rings. The van der Waals surface area contributed by atoms with Gasteiger partial charge in [0.25, 0.3) is 0 Å². The highest BCUT2D eigenvalue weighted by molar-refractivity contribution is 6.04. The topological polar surface area (TPSA) is 43.4 Å². The summed E-state index contributed by atoms with van der Waals surface area (Å²) in [5.41, 5.74) is 2.41. The first-order chi connectivity index (χ1) is 8.09. The van der Waals surface area contributed by atoms with Crippen molar-refractivity contribution < 1.29 is 14.3 Å². The molecule has 0 aromatic heterocycles. The van der Waals surface area contributed by atoms with Crippen molar-refractivity contribution in [2.24, 2.45) is 0 Å². The van der Waals surface area contributed by atoms with Crippen molar-refractivity contribution in [2.45, 2.75) is 26.2 Å². The van der Waals surface area contributed by atoms with Crippen LogP contribution < -0.4 is 0 Å². The highest BCUT2D eigenvalue weighted by Gasteiger charge is 2.33. The molecule has 1 heterocycles. The third-order valence-electron chi connectivity index (χ3n) is 2.80. The van der Waals surface area contributed by atoms with Crippen LogP contribution in [0.5, 0.6) is 0 Å². The summed E-state index contributed by atoms with van der Waals surface area (Å²) in [6, 6.07) is 7.12. The molecule has 88 valence electrons. The van der Waals surface area contributed by atoms with E-state index in [1.165, 1.54) is 0 Å². The predicted octanol–water partition coefficient (Wildman–Crippen LogP) is 2.82. The molecule has 1 aliphatic rings. The molecule has 0 radical (unpaired) electrons. The molecule has 0 amide bonds. The second kappa shape index (κ2) is 4.53. The minimum Gasteiger partial charge on any atom is -0.389 e. The van der Waals surface area contributed by atoms with E-state index in [9.17, 15) is 9.59 Å². The minimum atomic E-state index is -0.543. The van der Waals surface area contributed by atoms with Gasteiger partial charge >= 0.3 is 11.9 Å². The third-order valence-corrected chi connectivity index (χ3v) is 2.80. The summed E-state index contributed by atoms with van der Waals surface area (Å²) in [5, 5.41) is 0. The summed E-state index contributed by atoms with van der Waals surface area (Å²) in [5.74, 6) is -1.36. The Labute approximate surface area is 100 Å². The fourth-order valence-corrected chi connectivity index (χ4v) is 1.91. The maximum absolute atomic E-state index is 11.7. The number of hydrogen-bond acceptors (Lipinski definition) is 3. The summed E-state index contributed by atoms with van der Waals surface area (Å²) < 4.78 is 4.75. The van der Waals surface area contributed by atoms with Gasteiger partial charge in [-0.15, -0.1) is 0 Å². The van der Waals surface area contributed by atoms with Gasteiger partial charge in [-0.2, -0.15) is 0 Å². The van der Waals surface area contributed by atoms with Gasteiger partial charge in [-0.1, -0.05) is 29.8 Å². The number of rotatable bonds is 2. The Kier molecular flexibility index (Phi) is 3.09. The lowest BCUT2D eigenvalue weighted by atomic mass is 9.89. The van der Waals surface area contributed by atoms with Gasteiger partial charge in [-0.25, -0.2) is 4.79 Å². The van der Waals surface area contributed by atoms with Crippen LogP contribution in [0.3, 0.4) is 0 Å². The van der Waals surface area contributed by atoms with Crippen molar-refractivity contribution in [3.63, 3.8) is 0 Å². The smallest absolute Gasteiger partial charge is 0.346 e. The van der Waals surface area contributed by atoms with Gasteiger partial charge in [0.1, 0.15) is 0 Å². The van der Waals surface area contributed by atoms with E-state index in [4.69, 9.17) is 4.74 Å². The molecule has 0 saturated heterocycles. The first kappa shape index (κ1) is 11.6. The number of carbonyl (C=O) groups is 2. The molecule has 0 aliphatic carbocycles. The van der Waals surface area contributed by atoms with Crippen molar-refractivity contribution in [3.8, 4) is 0 Å². The molecule has 1 aromatic carbocycles.